The van der Waals surface area contributed by atoms with E-state index in [9.17, 15) is 14.7 Å². The number of anilines is 1. The Morgan fingerprint density at radius 3 is 3.04 bits per heavy atom. The lowest BCUT2D eigenvalue weighted by molar-refractivity contribution is -0.121. The summed E-state index contributed by atoms with van der Waals surface area (Å²) >= 11 is 5.47. The Kier molecular flexibility index (Phi) is 11.0. The van der Waals surface area contributed by atoms with Crippen molar-refractivity contribution < 1.29 is 33.2 Å². The number of aliphatic hydroxyl groups is 1. The third-order valence-corrected chi connectivity index (χ3v) is 9.08. The Morgan fingerprint density at radius 1 is 1.42 bits per heavy atom. The molecule has 2 fully saturated rings. The number of carbonyl (C=O) groups excluding carboxylic acids is 1. The Bertz CT molecular complexity index is 1590. The minimum atomic E-state index is -1.46. The number of aromatic nitrogens is 7. The van der Waals surface area contributed by atoms with Gasteiger partial charge in [0, 0.05) is 18.7 Å². The van der Waals surface area contributed by atoms with Gasteiger partial charge in [-0.15, -0.1) is 17.4 Å². The zero-order chi connectivity index (χ0) is 32.1. The summed E-state index contributed by atoms with van der Waals surface area (Å²) in [6, 6.07) is 0. The molecule has 2 aliphatic rings. The standard InChI is InChI=1S/C25H34N9O8PS2/c1-4-5-25(2,3)39-8-7-38-12-14-10-33(32-31-14)11-16(35)27-6-9-45-24-28-17-20(29-23(26)30-21(17)37)34(24)22-18(36)19-15(41-22)13-40-43(44)42-19/h1,10,15,18-19,22,36,44H,5-9,11-13H2,2-3H3,(H,27,35)(H3,26,29,30,37)/t15?,18?,19-,22-,43?/m1/s1. The van der Waals surface area contributed by atoms with Gasteiger partial charge in [-0.05, 0) is 13.8 Å². The van der Waals surface area contributed by atoms with Crippen molar-refractivity contribution >= 4 is 54.6 Å². The van der Waals surface area contributed by atoms with Gasteiger partial charge in [-0.1, -0.05) is 29.2 Å². The van der Waals surface area contributed by atoms with Crippen LogP contribution in [0.1, 0.15) is 32.2 Å². The number of ether oxygens (including phenoxy) is 3. The maximum absolute atomic E-state index is 12.6. The Balaban J connectivity index is 1.13. The van der Waals surface area contributed by atoms with Crippen LogP contribution in [0.5, 0.6) is 0 Å². The number of thioether (sulfide) groups is 1. The summed E-state index contributed by atoms with van der Waals surface area (Å²) in [6.45, 7) is 5.21. The van der Waals surface area contributed by atoms with E-state index in [0.717, 1.165) is 0 Å². The van der Waals surface area contributed by atoms with E-state index in [-0.39, 0.29) is 49.3 Å². The minimum absolute atomic E-state index is 0.0289. The van der Waals surface area contributed by atoms with Crippen molar-refractivity contribution in [3.8, 4) is 12.3 Å². The predicted octanol–water partition coefficient (Wildman–Crippen LogP) is 0.367. The number of aliphatic hydroxyl groups excluding tert-OH is 1. The third kappa shape index (κ3) is 8.33. The van der Waals surface area contributed by atoms with Crippen LogP contribution in [0, 0.1) is 12.3 Å². The van der Waals surface area contributed by atoms with E-state index in [0.29, 0.717) is 36.2 Å². The van der Waals surface area contributed by atoms with Gasteiger partial charge in [0.15, 0.2) is 22.5 Å². The molecule has 3 unspecified atom stereocenters. The number of nitrogens with zero attached hydrogens (tertiary/aromatic N) is 6. The lowest BCUT2D eigenvalue weighted by Crippen LogP contribution is -2.37. The van der Waals surface area contributed by atoms with E-state index in [4.69, 9.17) is 35.4 Å². The molecule has 244 valence electrons. The van der Waals surface area contributed by atoms with Crippen LogP contribution < -0.4 is 16.6 Å². The van der Waals surface area contributed by atoms with Crippen molar-refractivity contribution in [3.05, 3.63) is 22.2 Å². The number of hydrogen-bond acceptors (Lipinski definition) is 15. The molecule has 20 heteroatoms. The Morgan fingerprint density at radius 2 is 2.24 bits per heavy atom. The number of terminal acetylenes is 1. The van der Waals surface area contributed by atoms with Crippen molar-refractivity contribution in [3.63, 3.8) is 0 Å². The van der Waals surface area contributed by atoms with Gasteiger partial charge in [0.2, 0.25) is 19.4 Å². The fourth-order valence-electron chi connectivity index (χ4n) is 4.65. The lowest BCUT2D eigenvalue weighted by Gasteiger charge is -2.28. The number of nitrogens with one attached hydrogen (secondary N) is 2. The highest BCUT2D eigenvalue weighted by Crippen LogP contribution is 2.52. The van der Waals surface area contributed by atoms with Crippen LogP contribution in [0.4, 0.5) is 5.95 Å². The highest BCUT2D eigenvalue weighted by molar-refractivity contribution is 8.41. The highest BCUT2D eigenvalue weighted by atomic mass is 32.7. The van der Waals surface area contributed by atoms with Gasteiger partial charge in [-0.25, -0.2) is 9.67 Å². The van der Waals surface area contributed by atoms with Crippen molar-refractivity contribution in [2.45, 2.75) is 68.7 Å². The first-order valence-corrected chi connectivity index (χ1v) is 17.2. The molecule has 1 amide bonds. The second-order valence-electron chi connectivity index (χ2n) is 10.7. The predicted molar refractivity (Wildman–Crippen MR) is 166 cm³/mol. The van der Waals surface area contributed by atoms with Crippen LogP contribution in [0.3, 0.4) is 0 Å². The number of hydrogen-bond donors (Lipinski definition) is 5. The van der Waals surface area contributed by atoms with Gasteiger partial charge in [-0.3, -0.25) is 19.1 Å². The van der Waals surface area contributed by atoms with Crippen molar-refractivity contribution in [2.75, 3.05) is 37.9 Å². The molecule has 5 rings (SSSR count). The molecule has 5 heterocycles. The van der Waals surface area contributed by atoms with Crippen LogP contribution in [0.25, 0.3) is 11.2 Å². The number of fused-ring (bicyclic) bond motifs is 2. The number of rotatable bonds is 14. The molecular weight excluding hydrogens is 649 g/mol. The van der Waals surface area contributed by atoms with Crippen LogP contribution in [-0.4, -0.2) is 102 Å². The number of amides is 1. The zero-order valence-electron chi connectivity index (χ0n) is 24.5. The van der Waals surface area contributed by atoms with E-state index >= 15 is 0 Å². The van der Waals surface area contributed by atoms with Gasteiger partial charge >= 0.3 is 0 Å². The highest BCUT2D eigenvalue weighted by Gasteiger charge is 2.50. The summed E-state index contributed by atoms with van der Waals surface area (Å²) in [5.74, 6) is 2.56. The number of nitrogen functional groups attached to an aromatic ring is 1. The molecule has 2 aliphatic heterocycles. The third-order valence-electron chi connectivity index (χ3n) is 6.71. The second-order valence-corrected chi connectivity index (χ2v) is 13.7. The number of nitrogens with two attached hydrogens (primary N) is 1. The molecule has 17 nitrogen and oxygen atoms in total. The fourth-order valence-corrected chi connectivity index (χ4v) is 6.85. The molecule has 0 aromatic carbocycles. The monoisotopic (exact) mass is 683 g/mol. The molecule has 3 aromatic heterocycles. The molecule has 0 aliphatic carbocycles. The molecular formula is C25H34N9O8PS2. The number of H-pyrrole nitrogens is 1. The Hall–Kier alpha value is -2.79. The van der Waals surface area contributed by atoms with Crippen LogP contribution >= 0.6 is 31.6 Å². The average Bonchev–Trinajstić information content (AvgIpc) is 3.66. The molecule has 45 heavy (non-hydrogen) atoms. The molecule has 0 radical (unpaired) electrons. The van der Waals surface area contributed by atoms with Crippen LogP contribution in [0.2, 0.25) is 0 Å². The number of thiol groups is 1. The van der Waals surface area contributed by atoms with Crippen molar-refractivity contribution in [1.82, 2.24) is 39.8 Å². The number of carbonyl (C=O) groups is 1. The fraction of sp³-hybridized carbons (Fsp3) is 0.600. The molecule has 5 N–H and O–H groups in total. The quantitative estimate of drug-likeness (QED) is 0.0510. The first kappa shape index (κ1) is 33.6. The summed E-state index contributed by atoms with van der Waals surface area (Å²) in [6.07, 6.45) is 4.14. The normalized spacial score (nSPS) is 23.2. The van der Waals surface area contributed by atoms with Crippen molar-refractivity contribution in [1.29, 1.82) is 0 Å². The SMILES string of the molecule is C#CCC(C)(C)OCCOCc1cn(CC(=O)NCCSc2nc3c(=O)[nH]c(N)nc3n2[C@@H]2OC3COP(S)O[C@H]3C2O)nn1. The molecule has 0 bridgehead atoms. The van der Waals surface area contributed by atoms with Gasteiger partial charge in [-0.2, -0.15) is 4.98 Å². The smallest absolute Gasteiger partial charge is 0.280 e. The van der Waals surface area contributed by atoms with E-state index in [1.807, 2.05) is 13.8 Å². The van der Waals surface area contributed by atoms with Gasteiger partial charge in [0.05, 0.1) is 38.2 Å². The van der Waals surface area contributed by atoms with Gasteiger partial charge in [0.25, 0.3) is 5.56 Å². The summed E-state index contributed by atoms with van der Waals surface area (Å²) in [7, 11) is -1.46. The first-order chi connectivity index (χ1) is 21.5. The average molecular weight is 684 g/mol. The van der Waals surface area contributed by atoms with E-state index < -0.39 is 43.3 Å². The Labute approximate surface area is 268 Å². The first-order valence-electron chi connectivity index (χ1n) is 13.9. The second kappa shape index (κ2) is 14.8. The van der Waals surface area contributed by atoms with Gasteiger partial charge < -0.3 is 39.4 Å². The summed E-state index contributed by atoms with van der Waals surface area (Å²) in [4.78, 5) is 36.2. The molecule has 2 saturated heterocycles. The van der Waals surface area contributed by atoms with E-state index in [1.165, 1.54) is 21.0 Å². The summed E-state index contributed by atoms with van der Waals surface area (Å²) in [5.41, 5.74) is 5.60. The minimum Gasteiger partial charge on any atom is -0.386 e. The maximum Gasteiger partial charge on any atom is 0.280 e. The summed E-state index contributed by atoms with van der Waals surface area (Å²) < 4.78 is 31.4. The maximum atomic E-state index is 12.6. The molecule has 0 saturated carbocycles. The van der Waals surface area contributed by atoms with Crippen LogP contribution in [0.15, 0.2) is 16.1 Å². The largest absolute Gasteiger partial charge is 0.386 e. The van der Waals surface area contributed by atoms with Gasteiger partial charge in [0.1, 0.15) is 30.6 Å². The molecule has 3 aromatic rings. The number of imidazole rings is 1. The summed E-state index contributed by atoms with van der Waals surface area (Å²) in [5, 5.41) is 22.2. The molecule has 5 atom stereocenters. The molecule has 0 spiro atoms. The van der Waals surface area contributed by atoms with Crippen molar-refractivity contribution in [2.24, 2.45) is 0 Å². The van der Waals surface area contributed by atoms with E-state index in [1.54, 1.807) is 6.20 Å². The lowest BCUT2D eigenvalue weighted by atomic mass is 10.1. The number of aromatic amines is 1. The zero-order valence-corrected chi connectivity index (χ0v) is 27.1. The van der Waals surface area contributed by atoms with Crippen LogP contribution in [-0.2, 0) is 41.2 Å². The van der Waals surface area contributed by atoms with E-state index in [2.05, 4.69) is 48.7 Å². The topological polar surface area (TPSA) is 216 Å².